The normalized spacial score (nSPS) is 15.9. The van der Waals surface area contributed by atoms with Gasteiger partial charge < -0.3 is 10.2 Å². The van der Waals surface area contributed by atoms with Crippen LogP contribution in [0.25, 0.3) is 0 Å². The summed E-state index contributed by atoms with van der Waals surface area (Å²) in [5.74, 6) is -0.266. The highest BCUT2D eigenvalue weighted by molar-refractivity contribution is 5.87. The summed E-state index contributed by atoms with van der Waals surface area (Å²) in [5.41, 5.74) is 0.783. The number of nitrogens with one attached hydrogen (secondary N) is 1. The number of rotatable bonds is 4. The Morgan fingerprint density at radius 3 is 2.75 bits per heavy atom. The highest BCUT2D eigenvalue weighted by Crippen LogP contribution is 2.18. The zero-order valence-corrected chi connectivity index (χ0v) is 13.1. The fraction of sp³-hybridized carbons (Fsp3) is 0.400. The van der Waals surface area contributed by atoms with E-state index in [1.165, 1.54) is 21.7 Å². The first-order chi connectivity index (χ1) is 11.5. The van der Waals surface area contributed by atoms with Gasteiger partial charge in [-0.1, -0.05) is 12.1 Å². The standard InChI is InChI=1S/C15H17FN6O2/c1-10-18-19-20-22(10)13(8-11-2-4-12(16)5-3-11)15(24)21-7-6-17-14(23)9-21/h2-5,13H,6-9H2,1H3,(H,17,23)/t13-/m1/s1. The predicted molar refractivity (Wildman–Crippen MR) is 81.3 cm³/mol. The molecule has 0 radical (unpaired) electrons. The molecule has 0 bridgehead atoms. The first-order valence-corrected chi connectivity index (χ1v) is 7.59. The van der Waals surface area contributed by atoms with Gasteiger partial charge in [0.05, 0.1) is 6.54 Å². The van der Waals surface area contributed by atoms with Crippen LogP contribution in [-0.2, 0) is 16.0 Å². The molecule has 24 heavy (non-hydrogen) atoms. The van der Waals surface area contributed by atoms with Crippen molar-refractivity contribution in [3.05, 3.63) is 41.5 Å². The van der Waals surface area contributed by atoms with Crippen LogP contribution < -0.4 is 5.32 Å². The van der Waals surface area contributed by atoms with Gasteiger partial charge in [0.2, 0.25) is 11.8 Å². The maximum absolute atomic E-state index is 13.1. The Morgan fingerprint density at radius 2 is 2.12 bits per heavy atom. The van der Waals surface area contributed by atoms with Crippen LogP contribution in [0.5, 0.6) is 0 Å². The van der Waals surface area contributed by atoms with Gasteiger partial charge in [-0.3, -0.25) is 9.59 Å². The van der Waals surface area contributed by atoms with E-state index in [1.54, 1.807) is 19.1 Å². The Kier molecular flexibility index (Phi) is 4.50. The van der Waals surface area contributed by atoms with E-state index in [2.05, 4.69) is 20.8 Å². The predicted octanol–water partition coefficient (Wildman–Crippen LogP) is -0.137. The first-order valence-electron chi connectivity index (χ1n) is 7.59. The van der Waals surface area contributed by atoms with E-state index in [0.29, 0.717) is 25.3 Å². The number of tetrazole rings is 1. The molecule has 1 saturated heterocycles. The number of halogens is 1. The minimum atomic E-state index is -0.684. The minimum absolute atomic E-state index is 0.0138. The Bertz CT molecular complexity index is 745. The average molecular weight is 332 g/mol. The zero-order chi connectivity index (χ0) is 17.1. The number of aryl methyl sites for hydroxylation is 1. The quantitative estimate of drug-likeness (QED) is 0.841. The summed E-state index contributed by atoms with van der Waals surface area (Å²) in [5, 5.41) is 14.0. The van der Waals surface area contributed by atoms with Crippen LogP contribution in [0.2, 0.25) is 0 Å². The maximum Gasteiger partial charge on any atom is 0.248 e. The lowest BCUT2D eigenvalue weighted by Crippen LogP contribution is -2.52. The van der Waals surface area contributed by atoms with Crippen LogP contribution in [-0.4, -0.2) is 56.6 Å². The van der Waals surface area contributed by atoms with Crippen molar-refractivity contribution in [2.75, 3.05) is 19.6 Å². The number of carbonyl (C=O) groups excluding carboxylic acids is 2. The number of hydrogen-bond donors (Lipinski definition) is 1. The number of piperazine rings is 1. The molecule has 1 N–H and O–H groups in total. The summed E-state index contributed by atoms with van der Waals surface area (Å²) >= 11 is 0. The SMILES string of the molecule is Cc1nnnn1[C@H](Cc1ccc(F)cc1)C(=O)N1CCNC(=O)C1. The molecule has 9 heteroatoms. The molecule has 1 aliphatic rings. The van der Waals surface area contributed by atoms with Crippen molar-refractivity contribution in [3.63, 3.8) is 0 Å². The topological polar surface area (TPSA) is 93.0 Å². The molecule has 0 unspecified atom stereocenters. The van der Waals surface area contributed by atoms with Crippen LogP contribution >= 0.6 is 0 Å². The maximum atomic E-state index is 13.1. The summed E-state index contributed by atoms with van der Waals surface area (Å²) in [4.78, 5) is 26.0. The second-order valence-corrected chi connectivity index (χ2v) is 5.63. The Balaban J connectivity index is 1.87. The minimum Gasteiger partial charge on any atom is -0.353 e. The Hall–Kier alpha value is -2.84. The van der Waals surface area contributed by atoms with Gasteiger partial charge in [-0.2, -0.15) is 0 Å². The third-order valence-electron chi connectivity index (χ3n) is 3.93. The molecular weight excluding hydrogens is 315 g/mol. The lowest BCUT2D eigenvalue weighted by Gasteiger charge is -2.30. The molecule has 3 rings (SSSR count). The van der Waals surface area contributed by atoms with Gasteiger partial charge in [-0.25, -0.2) is 9.07 Å². The highest BCUT2D eigenvalue weighted by Gasteiger charge is 2.31. The molecule has 8 nitrogen and oxygen atoms in total. The summed E-state index contributed by atoms with van der Waals surface area (Å²) in [6, 6.07) is 5.25. The van der Waals surface area contributed by atoms with E-state index < -0.39 is 6.04 Å². The Labute approximate surface area is 137 Å². The molecule has 2 amide bonds. The first kappa shape index (κ1) is 16.0. The van der Waals surface area contributed by atoms with E-state index in [1.807, 2.05) is 0 Å². The number of nitrogens with zero attached hydrogens (tertiary/aromatic N) is 5. The van der Waals surface area contributed by atoms with Gasteiger partial charge in [-0.15, -0.1) is 5.10 Å². The summed E-state index contributed by atoms with van der Waals surface area (Å²) in [6.07, 6.45) is 0.309. The van der Waals surface area contributed by atoms with Crippen molar-refractivity contribution in [1.29, 1.82) is 0 Å². The third-order valence-corrected chi connectivity index (χ3v) is 3.93. The summed E-state index contributed by atoms with van der Waals surface area (Å²) < 4.78 is 14.5. The van der Waals surface area contributed by atoms with Crippen LogP contribution in [0.4, 0.5) is 4.39 Å². The van der Waals surface area contributed by atoms with E-state index in [4.69, 9.17) is 0 Å². The van der Waals surface area contributed by atoms with Crippen LogP contribution in [0.3, 0.4) is 0 Å². The lowest BCUT2D eigenvalue weighted by molar-refractivity contribution is -0.141. The van der Waals surface area contributed by atoms with E-state index in [0.717, 1.165) is 5.56 Å². The zero-order valence-electron chi connectivity index (χ0n) is 13.1. The molecule has 0 saturated carbocycles. The van der Waals surface area contributed by atoms with Gasteiger partial charge in [0, 0.05) is 19.5 Å². The van der Waals surface area contributed by atoms with Crippen LogP contribution in [0.15, 0.2) is 24.3 Å². The van der Waals surface area contributed by atoms with E-state index in [9.17, 15) is 14.0 Å². The van der Waals surface area contributed by atoms with Gasteiger partial charge >= 0.3 is 0 Å². The van der Waals surface area contributed by atoms with Gasteiger partial charge in [0.1, 0.15) is 17.7 Å². The number of aromatic nitrogens is 4. The molecule has 0 aliphatic carbocycles. The van der Waals surface area contributed by atoms with Crippen molar-refractivity contribution in [1.82, 2.24) is 30.4 Å². The molecule has 1 aromatic carbocycles. The van der Waals surface area contributed by atoms with E-state index in [-0.39, 0.29) is 24.2 Å². The van der Waals surface area contributed by atoms with Crippen molar-refractivity contribution < 1.29 is 14.0 Å². The molecule has 126 valence electrons. The largest absolute Gasteiger partial charge is 0.353 e. The van der Waals surface area contributed by atoms with Crippen LogP contribution in [0, 0.1) is 12.7 Å². The monoisotopic (exact) mass is 332 g/mol. The molecule has 0 spiro atoms. The third kappa shape index (κ3) is 3.39. The number of carbonyl (C=O) groups is 2. The fourth-order valence-electron chi connectivity index (χ4n) is 2.69. The van der Waals surface area contributed by atoms with Crippen molar-refractivity contribution >= 4 is 11.8 Å². The fourth-order valence-corrected chi connectivity index (χ4v) is 2.69. The number of amides is 2. The lowest BCUT2D eigenvalue weighted by atomic mass is 10.0. The molecule has 1 aliphatic heterocycles. The van der Waals surface area contributed by atoms with Gasteiger partial charge in [0.15, 0.2) is 0 Å². The molecule has 2 heterocycles. The van der Waals surface area contributed by atoms with Crippen molar-refractivity contribution in [2.24, 2.45) is 0 Å². The average Bonchev–Trinajstić information content (AvgIpc) is 2.99. The van der Waals surface area contributed by atoms with Crippen molar-refractivity contribution in [2.45, 2.75) is 19.4 Å². The molecule has 1 aromatic heterocycles. The molecule has 1 atom stereocenters. The molecule has 1 fully saturated rings. The summed E-state index contributed by atoms with van der Waals surface area (Å²) in [7, 11) is 0. The number of benzene rings is 1. The summed E-state index contributed by atoms with van der Waals surface area (Å²) in [6.45, 7) is 2.57. The van der Waals surface area contributed by atoms with Crippen molar-refractivity contribution in [3.8, 4) is 0 Å². The van der Waals surface area contributed by atoms with Gasteiger partial charge in [0.25, 0.3) is 0 Å². The highest BCUT2D eigenvalue weighted by atomic mass is 19.1. The Morgan fingerprint density at radius 1 is 1.38 bits per heavy atom. The second kappa shape index (κ2) is 6.73. The van der Waals surface area contributed by atoms with E-state index >= 15 is 0 Å². The molecule has 2 aromatic rings. The molecular formula is C15H17FN6O2. The van der Waals surface area contributed by atoms with Crippen LogP contribution in [0.1, 0.15) is 17.4 Å². The van der Waals surface area contributed by atoms with Gasteiger partial charge in [-0.05, 0) is 35.0 Å². The second-order valence-electron chi connectivity index (χ2n) is 5.63. The smallest absolute Gasteiger partial charge is 0.248 e. The number of hydrogen-bond acceptors (Lipinski definition) is 5.